The molecule has 1 aliphatic heterocycles. The molecule has 0 aromatic rings. The molecule has 0 atom stereocenters. The molecular weight excluding hydrogens is 262 g/mol. The van der Waals surface area contributed by atoms with Gasteiger partial charge in [0.1, 0.15) is 6.54 Å². The molecule has 0 aliphatic carbocycles. The third-order valence-electron chi connectivity index (χ3n) is 3.55. The van der Waals surface area contributed by atoms with Gasteiger partial charge in [0.05, 0.1) is 0 Å². The third kappa shape index (κ3) is 4.71. The zero-order valence-corrected chi connectivity index (χ0v) is 12.3. The number of piperidine rings is 1. The van der Waals surface area contributed by atoms with Gasteiger partial charge in [0.15, 0.2) is 0 Å². The highest BCUT2D eigenvalue weighted by molar-refractivity contribution is 5.83. The number of carbonyl (C=O) groups is 3. The molecule has 0 aromatic carbocycles. The van der Waals surface area contributed by atoms with Gasteiger partial charge in [-0.15, -0.1) is 0 Å². The number of likely N-dealkylation sites (tertiary alicyclic amines) is 1. The number of aliphatic carboxylic acids is 1. The maximum Gasteiger partial charge on any atom is 0.320 e. The molecule has 0 saturated carbocycles. The van der Waals surface area contributed by atoms with Crippen molar-refractivity contribution < 1.29 is 19.5 Å². The van der Waals surface area contributed by atoms with Gasteiger partial charge in [0, 0.05) is 40.7 Å². The Labute approximate surface area is 119 Å². The molecule has 0 spiro atoms. The Morgan fingerprint density at radius 2 is 1.70 bits per heavy atom. The summed E-state index contributed by atoms with van der Waals surface area (Å²) in [5, 5.41) is 8.75. The van der Waals surface area contributed by atoms with Crippen molar-refractivity contribution in [1.82, 2.24) is 14.7 Å². The highest BCUT2D eigenvalue weighted by Crippen LogP contribution is 2.21. The van der Waals surface area contributed by atoms with E-state index in [9.17, 15) is 14.4 Å². The zero-order chi connectivity index (χ0) is 15.3. The first-order chi connectivity index (χ1) is 9.31. The predicted octanol–water partition coefficient (Wildman–Crippen LogP) is 0.313. The van der Waals surface area contributed by atoms with Crippen LogP contribution < -0.4 is 0 Å². The van der Waals surface area contributed by atoms with Gasteiger partial charge in [0.25, 0.3) is 0 Å². The van der Waals surface area contributed by atoms with Gasteiger partial charge in [-0.05, 0) is 18.8 Å². The van der Waals surface area contributed by atoms with Gasteiger partial charge >= 0.3 is 12.0 Å². The predicted molar refractivity (Wildman–Crippen MR) is 73.3 cm³/mol. The minimum atomic E-state index is -0.788. The van der Waals surface area contributed by atoms with Gasteiger partial charge in [-0.25, -0.2) is 4.79 Å². The Balaban J connectivity index is 2.42. The molecule has 1 heterocycles. The number of hydrogen-bond acceptors (Lipinski definition) is 3. The van der Waals surface area contributed by atoms with Crippen molar-refractivity contribution >= 4 is 17.9 Å². The normalized spacial score (nSPS) is 15.8. The summed E-state index contributed by atoms with van der Waals surface area (Å²) >= 11 is 0. The SMILES string of the molecule is CN(C)C(=O)CN(C)C(=O)N1CCC(CC(=O)O)CC1. The summed E-state index contributed by atoms with van der Waals surface area (Å²) in [5.41, 5.74) is 0. The van der Waals surface area contributed by atoms with Crippen LogP contribution in [0.4, 0.5) is 4.79 Å². The average Bonchev–Trinajstić information content (AvgIpc) is 2.37. The number of likely N-dealkylation sites (N-methyl/N-ethyl adjacent to an activating group) is 2. The summed E-state index contributed by atoms with van der Waals surface area (Å²) in [6.45, 7) is 1.16. The Morgan fingerprint density at radius 3 is 2.15 bits per heavy atom. The summed E-state index contributed by atoms with van der Waals surface area (Å²) in [5.74, 6) is -0.768. The first kappa shape index (κ1) is 16.3. The molecular formula is C13H23N3O4. The molecule has 114 valence electrons. The van der Waals surface area contributed by atoms with Crippen LogP contribution in [0.25, 0.3) is 0 Å². The molecule has 1 fully saturated rings. The Bertz CT molecular complexity index is 376. The molecule has 3 amide bonds. The van der Waals surface area contributed by atoms with E-state index < -0.39 is 5.97 Å². The highest BCUT2D eigenvalue weighted by Gasteiger charge is 2.26. The number of rotatable bonds is 4. The molecule has 0 aromatic heterocycles. The molecule has 0 bridgehead atoms. The molecule has 7 nitrogen and oxygen atoms in total. The van der Waals surface area contributed by atoms with E-state index in [1.165, 1.54) is 9.80 Å². The number of carboxylic acids is 1. The van der Waals surface area contributed by atoms with E-state index in [0.717, 1.165) is 0 Å². The second-order valence-corrected chi connectivity index (χ2v) is 5.46. The molecule has 0 radical (unpaired) electrons. The van der Waals surface area contributed by atoms with E-state index in [2.05, 4.69) is 0 Å². The van der Waals surface area contributed by atoms with Crippen molar-refractivity contribution in [2.45, 2.75) is 19.3 Å². The first-order valence-electron chi connectivity index (χ1n) is 6.73. The lowest BCUT2D eigenvalue weighted by atomic mass is 9.94. The number of urea groups is 1. The van der Waals surface area contributed by atoms with Crippen molar-refractivity contribution in [1.29, 1.82) is 0 Å². The van der Waals surface area contributed by atoms with Crippen molar-refractivity contribution in [3.05, 3.63) is 0 Å². The molecule has 1 saturated heterocycles. The third-order valence-corrected chi connectivity index (χ3v) is 3.55. The fourth-order valence-corrected chi connectivity index (χ4v) is 2.23. The van der Waals surface area contributed by atoms with Crippen LogP contribution in [0.2, 0.25) is 0 Å². The summed E-state index contributed by atoms with van der Waals surface area (Å²) in [7, 11) is 4.91. The monoisotopic (exact) mass is 285 g/mol. The standard InChI is InChI=1S/C13H23N3O4/c1-14(2)11(17)9-15(3)13(20)16-6-4-10(5-7-16)8-12(18)19/h10H,4-9H2,1-3H3,(H,18,19). The largest absolute Gasteiger partial charge is 0.481 e. The molecule has 20 heavy (non-hydrogen) atoms. The topological polar surface area (TPSA) is 81.2 Å². The minimum Gasteiger partial charge on any atom is -0.481 e. The van der Waals surface area contributed by atoms with E-state index in [1.807, 2.05) is 0 Å². The summed E-state index contributed by atoms with van der Waals surface area (Å²) in [6.07, 6.45) is 1.57. The number of hydrogen-bond donors (Lipinski definition) is 1. The lowest BCUT2D eigenvalue weighted by Crippen LogP contribution is -2.48. The second-order valence-electron chi connectivity index (χ2n) is 5.46. The lowest BCUT2D eigenvalue weighted by Gasteiger charge is -2.34. The first-order valence-corrected chi connectivity index (χ1v) is 6.73. The van der Waals surface area contributed by atoms with E-state index in [1.54, 1.807) is 26.0 Å². The maximum atomic E-state index is 12.1. The van der Waals surface area contributed by atoms with Crippen molar-refractivity contribution in [2.75, 3.05) is 40.8 Å². The zero-order valence-electron chi connectivity index (χ0n) is 12.3. The van der Waals surface area contributed by atoms with Crippen LogP contribution >= 0.6 is 0 Å². The molecule has 0 unspecified atom stereocenters. The molecule has 1 aliphatic rings. The number of amides is 3. The van der Waals surface area contributed by atoms with Crippen LogP contribution in [0.1, 0.15) is 19.3 Å². The van der Waals surface area contributed by atoms with Crippen LogP contribution in [0.15, 0.2) is 0 Å². The number of carbonyl (C=O) groups excluding carboxylic acids is 2. The number of carboxylic acid groups (broad SMARTS) is 1. The van der Waals surface area contributed by atoms with Gasteiger partial charge in [0.2, 0.25) is 5.91 Å². The summed E-state index contributed by atoms with van der Waals surface area (Å²) < 4.78 is 0. The summed E-state index contributed by atoms with van der Waals surface area (Å²) in [4.78, 5) is 38.9. The molecule has 7 heteroatoms. The van der Waals surface area contributed by atoms with Crippen LogP contribution in [0, 0.1) is 5.92 Å². The van der Waals surface area contributed by atoms with Gasteiger partial charge < -0.3 is 19.8 Å². The molecule has 1 N–H and O–H groups in total. The quantitative estimate of drug-likeness (QED) is 0.806. The van der Waals surface area contributed by atoms with Crippen LogP contribution in [-0.2, 0) is 9.59 Å². The maximum absolute atomic E-state index is 12.1. The Morgan fingerprint density at radius 1 is 1.15 bits per heavy atom. The van der Waals surface area contributed by atoms with Crippen molar-refractivity contribution in [3.8, 4) is 0 Å². The lowest BCUT2D eigenvalue weighted by molar-refractivity contribution is -0.138. The fraction of sp³-hybridized carbons (Fsp3) is 0.769. The highest BCUT2D eigenvalue weighted by atomic mass is 16.4. The van der Waals surface area contributed by atoms with Crippen LogP contribution in [-0.4, -0.2) is 78.5 Å². The number of nitrogens with zero attached hydrogens (tertiary/aromatic N) is 3. The van der Waals surface area contributed by atoms with E-state index in [4.69, 9.17) is 5.11 Å². The Hall–Kier alpha value is -1.79. The minimum absolute atomic E-state index is 0.0564. The van der Waals surface area contributed by atoms with Gasteiger partial charge in [-0.1, -0.05) is 0 Å². The van der Waals surface area contributed by atoms with E-state index in [0.29, 0.717) is 25.9 Å². The molecule has 1 rings (SSSR count). The summed E-state index contributed by atoms with van der Waals surface area (Å²) in [6, 6.07) is -0.172. The van der Waals surface area contributed by atoms with E-state index >= 15 is 0 Å². The van der Waals surface area contributed by atoms with Crippen LogP contribution in [0.3, 0.4) is 0 Å². The van der Waals surface area contributed by atoms with Gasteiger partial charge in [-0.3, -0.25) is 9.59 Å². The van der Waals surface area contributed by atoms with E-state index in [-0.39, 0.29) is 30.8 Å². The van der Waals surface area contributed by atoms with Gasteiger partial charge in [-0.2, -0.15) is 0 Å². The van der Waals surface area contributed by atoms with Crippen molar-refractivity contribution in [3.63, 3.8) is 0 Å². The smallest absolute Gasteiger partial charge is 0.320 e. The average molecular weight is 285 g/mol. The second kappa shape index (κ2) is 7.12. The van der Waals surface area contributed by atoms with Crippen molar-refractivity contribution in [2.24, 2.45) is 5.92 Å². The van der Waals surface area contributed by atoms with Crippen LogP contribution in [0.5, 0.6) is 0 Å². The fourth-order valence-electron chi connectivity index (χ4n) is 2.23. The Kier molecular flexibility index (Phi) is 5.79.